The average Bonchev–Trinajstić information content (AvgIpc) is 3.12. The highest BCUT2D eigenvalue weighted by Crippen LogP contribution is 2.34. The van der Waals surface area contributed by atoms with Crippen LogP contribution >= 0.6 is 0 Å². The van der Waals surface area contributed by atoms with Crippen molar-refractivity contribution in [2.45, 2.75) is 18.8 Å². The third-order valence-corrected chi connectivity index (χ3v) is 4.30. The topological polar surface area (TPSA) is 72.4 Å². The van der Waals surface area contributed by atoms with E-state index < -0.39 is 0 Å². The number of likely N-dealkylation sites (N-methyl/N-ethyl adjacent to an activating group) is 1. The standard InChI is InChI=1S/C15H18N4O3/c1-18-6-2-3-10(8-18)14-16-17-15(20)19(14)11-4-5-12-13(7-11)22-9-21-12/h4-5,7,10H,2-3,6,8-9H2,1H3,(H,17,20)/t10-/m1/s1. The lowest BCUT2D eigenvalue weighted by Crippen LogP contribution is -2.32. The van der Waals surface area contributed by atoms with Gasteiger partial charge in [0.25, 0.3) is 0 Å². The van der Waals surface area contributed by atoms with Crippen molar-refractivity contribution < 1.29 is 9.47 Å². The highest BCUT2D eigenvalue weighted by molar-refractivity contribution is 5.50. The summed E-state index contributed by atoms with van der Waals surface area (Å²) in [5.74, 6) is 2.41. The van der Waals surface area contributed by atoms with Crippen LogP contribution in [0.25, 0.3) is 5.69 Å². The van der Waals surface area contributed by atoms with Gasteiger partial charge < -0.3 is 14.4 Å². The molecule has 0 aliphatic carbocycles. The van der Waals surface area contributed by atoms with Gasteiger partial charge in [-0.2, -0.15) is 5.10 Å². The fourth-order valence-electron chi connectivity index (χ4n) is 3.23. The van der Waals surface area contributed by atoms with E-state index >= 15 is 0 Å². The molecule has 7 heteroatoms. The summed E-state index contributed by atoms with van der Waals surface area (Å²) in [7, 11) is 2.10. The highest BCUT2D eigenvalue weighted by atomic mass is 16.7. The summed E-state index contributed by atoms with van der Waals surface area (Å²) in [6, 6.07) is 5.52. The summed E-state index contributed by atoms with van der Waals surface area (Å²) < 4.78 is 12.4. The molecule has 0 unspecified atom stereocenters. The van der Waals surface area contributed by atoms with Crippen LogP contribution < -0.4 is 15.2 Å². The SMILES string of the molecule is CN1CCC[C@@H](c2n[nH]c(=O)n2-c2ccc3c(c2)OCO3)C1. The van der Waals surface area contributed by atoms with E-state index in [1.54, 1.807) is 4.57 Å². The molecule has 4 rings (SSSR count). The Labute approximate surface area is 127 Å². The van der Waals surface area contributed by atoms with Crippen molar-refractivity contribution in [3.63, 3.8) is 0 Å². The molecule has 1 saturated heterocycles. The number of aromatic nitrogens is 3. The minimum absolute atomic E-state index is 0.220. The van der Waals surface area contributed by atoms with Gasteiger partial charge in [-0.05, 0) is 38.6 Å². The lowest BCUT2D eigenvalue weighted by Gasteiger charge is -2.29. The van der Waals surface area contributed by atoms with Gasteiger partial charge >= 0.3 is 5.69 Å². The number of nitrogens with one attached hydrogen (secondary N) is 1. The third kappa shape index (κ3) is 2.18. The number of ether oxygens (including phenoxy) is 2. The summed E-state index contributed by atoms with van der Waals surface area (Å²) in [5.41, 5.74) is 0.535. The molecule has 0 saturated carbocycles. The van der Waals surface area contributed by atoms with Gasteiger partial charge in [0, 0.05) is 18.5 Å². The molecule has 1 N–H and O–H groups in total. The molecule has 7 nitrogen and oxygen atoms in total. The van der Waals surface area contributed by atoms with Crippen LogP contribution in [0.15, 0.2) is 23.0 Å². The maximum atomic E-state index is 12.2. The Morgan fingerprint density at radius 1 is 1.32 bits per heavy atom. The van der Waals surface area contributed by atoms with E-state index in [2.05, 4.69) is 22.1 Å². The van der Waals surface area contributed by atoms with Crippen molar-refractivity contribution in [2.24, 2.45) is 0 Å². The van der Waals surface area contributed by atoms with Crippen molar-refractivity contribution in [3.05, 3.63) is 34.5 Å². The zero-order valence-corrected chi connectivity index (χ0v) is 12.4. The number of hydrogen-bond donors (Lipinski definition) is 1. The fraction of sp³-hybridized carbons (Fsp3) is 0.467. The van der Waals surface area contributed by atoms with Gasteiger partial charge in [-0.15, -0.1) is 0 Å². The molecule has 2 aromatic rings. The van der Waals surface area contributed by atoms with Gasteiger partial charge in [-0.25, -0.2) is 14.5 Å². The van der Waals surface area contributed by atoms with Crippen molar-refractivity contribution in [1.29, 1.82) is 0 Å². The molecule has 1 atom stereocenters. The number of rotatable bonds is 2. The normalized spacial score (nSPS) is 21.2. The van der Waals surface area contributed by atoms with E-state index in [4.69, 9.17) is 9.47 Å². The molecule has 0 bridgehead atoms. The van der Waals surface area contributed by atoms with Gasteiger partial charge in [-0.1, -0.05) is 0 Å². The number of benzene rings is 1. The Kier molecular flexibility index (Phi) is 3.15. The first-order chi connectivity index (χ1) is 10.7. The maximum absolute atomic E-state index is 12.2. The van der Waals surface area contributed by atoms with Crippen molar-refractivity contribution in [3.8, 4) is 17.2 Å². The summed E-state index contributed by atoms with van der Waals surface area (Å²) in [4.78, 5) is 14.5. The Hall–Kier alpha value is -2.28. The van der Waals surface area contributed by atoms with E-state index in [0.29, 0.717) is 11.5 Å². The minimum atomic E-state index is -0.220. The Morgan fingerprint density at radius 2 is 2.18 bits per heavy atom. The van der Waals surface area contributed by atoms with E-state index in [1.165, 1.54) is 0 Å². The monoisotopic (exact) mass is 302 g/mol. The van der Waals surface area contributed by atoms with E-state index in [0.717, 1.165) is 37.4 Å². The molecule has 0 spiro atoms. The summed E-state index contributed by atoms with van der Waals surface area (Å²) >= 11 is 0. The quantitative estimate of drug-likeness (QED) is 0.899. The average molecular weight is 302 g/mol. The number of hydrogen-bond acceptors (Lipinski definition) is 5. The Balaban J connectivity index is 1.75. The van der Waals surface area contributed by atoms with Crippen LogP contribution in [-0.2, 0) is 0 Å². The van der Waals surface area contributed by atoms with Crippen LogP contribution in [0.2, 0.25) is 0 Å². The molecule has 116 valence electrons. The molecule has 0 amide bonds. The molecular formula is C15H18N4O3. The second kappa shape index (κ2) is 5.17. The number of H-pyrrole nitrogens is 1. The van der Waals surface area contributed by atoms with Crippen LogP contribution in [0.5, 0.6) is 11.5 Å². The third-order valence-electron chi connectivity index (χ3n) is 4.30. The van der Waals surface area contributed by atoms with Gasteiger partial charge in [0.2, 0.25) is 6.79 Å². The van der Waals surface area contributed by atoms with Crippen LogP contribution in [0.3, 0.4) is 0 Å². The summed E-state index contributed by atoms with van der Waals surface area (Å²) in [6.07, 6.45) is 2.16. The van der Waals surface area contributed by atoms with Crippen molar-refractivity contribution in [2.75, 3.05) is 26.9 Å². The molecule has 1 aromatic carbocycles. The second-order valence-electron chi connectivity index (χ2n) is 5.86. The summed E-state index contributed by atoms with van der Waals surface area (Å²) in [6.45, 7) is 2.23. The summed E-state index contributed by atoms with van der Waals surface area (Å²) in [5, 5.41) is 6.85. The first kappa shape index (κ1) is 13.4. The second-order valence-corrected chi connectivity index (χ2v) is 5.86. The molecule has 1 aromatic heterocycles. The van der Waals surface area contributed by atoms with Crippen molar-refractivity contribution in [1.82, 2.24) is 19.7 Å². The Bertz CT molecular complexity index is 751. The van der Waals surface area contributed by atoms with Gasteiger partial charge in [-0.3, -0.25) is 0 Å². The molecule has 3 heterocycles. The predicted octanol–water partition coefficient (Wildman–Crippen LogP) is 1.10. The maximum Gasteiger partial charge on any atom is 0.347 e. The number of fused-ring (bicyclic) bond motifs is 1. The smallest absolute Gasteiger partial charge is 0.347 e. The number of likely N-dealkylation sites (tertiary alicyclic amines) is 1. The fourth-order valence-corrected chi connectivity index (χ4v) is 3.23. The van der Waals surface area contributed by atoms with Gasteiger partial charge in [0.15, 0.2) is 11.5 Å². The molecule has 1 fully saturated rings. The highest BCUT2D eigenvalue weighted by Gasteiger charge is 2.26. The number of aromatic amines is 1. The molecule has 0 radical (unpaired) electrons. The lowest BCUT2D eigenvalue weighted by atomic mass is 9.97. The van der Waals surface area contributed by atoms with Crippen LogP contribution in [0.1, 0.15) is 24.6 Å². The molecular weight excluding hydrogens is 284 g/mol. The molecule has 22 heavy (non-hydrogen) atoms. The van der Waals surface area contributed by atoms with Crippen molar-refractivity contribution >= 4 is 0 Å². The van der Waals surface area contributed by atoms with Crippen LogP contribution in [0, 0.1) is 0 Å². The van der Waals surface area contributed by atoms with Gasteiger partial charge in [0.05, 0.1) is 5.69 Å². The molecule has 2 aliphatic heterocycles. The zero-order chi connectivity index (χ0) is 15.1. The zero-order valence-electron chi connectivity index (χ0n) is 12.4. The minimum Gasteiger partial charge on any atom is -0.454 e. The van der Waals surface area contributed by atoms with Gasteiger partial charge in [0.1, 0.15) is 5.82 Å². The first-order valence-corrected chi connectivity index (χ1v) is 7.48. The van der Waals surface area contributed by atoms with E-state index in [-0.39, 0.29) is 18.4 Å². The predicted molar refractivity (Wildman–Crippen MR) is 79.8 cm³/mol. The van der Waals surface area contributed by atoms with Crippen LogP contribution in [0.4, 0.5) is 0 Å². The van der Waals surface area contributed by atoms with E-state index in [1.807, 2.05) is 18.2 Å². The Morgan fingerprint density at radius 3 is 3.05 bits per heavy atom. The largest absolute Gasteiger partial charge is 0.454 e. The van der Waals surface area contributed by atoms with E-state index in [9.17, 15) is 4.79 Å². The molecule has 2 aliphatic rings. The lowest BCUT2D eigenvalue weighted by molar-refractivity contribution is 0.174. The van der Waals surface area contributed by atoms with Crippen LogP contribution in [-0.4, -0.2) is 46.6 Å². The number of nitrogens with zero attached hydrogens (tertiary/aromatic N) is 3. The number of piperidine rings is 1. The first-order valence-electron chi connectivity index (χ1n) is 7.48.